The number of aryl methyl sites for hydroxylation is 1. The Morgan fingerprint density at radius 2 is 1.85 bits per heavy atom. The number of nitrogens with zero attached hydrogens (tertiary/aromatic N) is 3. The first-order valence-corrected chi connectivity index (χ1v) is 6.86. The summed E-state index contributed by atoms with van der Waals surface area (Å²) in [6.07, 6.45) is 7.12. The molecule has 0 amide bonds. The van der Waals surface area contributed by atoms with E-state index in [-0.39, 0.29) is 0 Å². The molecule has 2 rings (SSSR count). The third-order valence-electron chi connectivity index (χ3n) is 2.81. The maximum absolute atomic E-state index is 4.60. The molecule has 2 aromatic rings. The lowest BCUT2D eigenvalue weighted by atomic mass is 10.1. The van der Waals surface area contributed by atoms with Gasteiger partial charge in [0, 0.05) is 11.1 Å². The summed E-state index contributed by atoms with van der Waals surface area (Å²) in [4.78, 5) is 13.5. The van der Waals surface area contributed by atoms with Crippen LogP contribution in [0.3, 0.4) is 0 Å². The number of aromatic nitrogens is 3. The summed E-state index contributed by atoms with van der Waals surface area (Å²) < 4.78 is 0. The van der Waals surface area contributed by atoms with E-state index in [1.807, 2.05) is 56.3 Å². The third-order valence-corrected chi connectivity index (χ3v) is 2.81. The van der Waals surface area contributed by atoms with Crippen molar-refractivity contribution in [2.45, 2.75) is 27.2 Å². The van der Waals surface area contributed by atoms with Crippen molar-refractivity contribution in [2.24, 2.45) is 0 Å². The fourth-order valence-corrected chi connectivity index (χ4v) is 1.96. The molecule has 0 radical (unpaired) electrons. The monoisotopic (exact) mass is 265 g/mol. The molecule has 0 aliphatic carbocycles. The molecule has 0 spiro atoms. The predicted octanol–water partition coefficient (Wildman–Crippen LogP) is 4.22. The zero-order valence-corrected chi connectivity index (χ0v) is 12.2. The van der Waals surface area contributed by atoms with Gasteiger partial charge in [0.2, 0.25) is 0 Å². The van der Waals surface area contributed by atoms with Crippen LogP contribution in [0.4, 0.5) is 0 Å². The molecule has 0 atom stereocenters. The minimum Gasteiger partial charge on any atom is -0.213 e. The van der Waals surface area contributed by atoms with Crippen LogP contribution in [0, 0.1) is 6.92 Å². The van der Waals surface area contributed by atoms with Crippen LogP contribution in [-0.2, 0) is 0 Å². The normalized spacial score (nSPS) is 12.1. The lowest BCUT2D eigenvalue weighted by Crippen LogP contribution is -2.01. The standard InChI is InChI=1S/C17H19N3/c1-4-9-14(10-5-2)16-18-13(3)19-17(20-16)15-11-7-6-8-12-15/h4,6-12H,5H2,1-3H3/b9-4-,14-10+. The number of benzene rings is 1. The highest BCUT2D eigenvalue weighted by Crippen LogP contribution is 2.18. The summed E-state index contributed by atoms with van der Waals surface area (Å²) in [5.41, 5.74) is 2.05. The zero-order valence-electron chi connectivity index (χ0n) is 12.2. The van der Waals surface area contributed by atoms with Crippen LogP contribution < -0.4 is 0 Å². The van der Waals surface area contributed by atoms with E-state index in [9.17, 15) is 0 Å². The summed E-state index contributed by atoms with van der Waals surface area (Å²) in [6.45, 7) is 6.00. The van der Waals surface area contributed by atoms with Crippen molar-refractivity contribution in [1.29, 1.82) is 0 Å². The fraction of sp³-hybridized carbons (Fsp3) is 0.235. The van der Waals surface area contributed by atoms with Gasteiger partial charge in [-0.3, -0.25) is 0 Å². The first-order chi connectivity index (χ1) is 9.74. The molecule has 0 unspecified atom stereocenters. The van der Waals surface area contributed by atoms with Gasteiger partial charge < -0.3 is 0 Å². The average Bonchev–Trinajstić information content (AvgIpc) is 2.47. The SMILES string of the molecule is C/C=C\C(=C/CC)c1nc(C)nc(-c2ccccc2)n1. The molecule has 1 aromatic carbocycles. The predicted molar refractivity (Wildman–Crippen MR) is 83.1 cm³/mol. The van der Waals surface area contributed by atoms with Crippen molar-refractivity contribution in [3.8, 4) is 11.4 Å². The molecule has 0 aliphatic heterocycles. The summed E-state index contributed by atoms with van der Waals surface area (Å²) >= 11 is 0. The molecule has 3 nitrogen and oxygen atoms in total. The summed E-state index contributed by atoms with van der Waals surface area (Å²) in [5.74, 6) is 2.19. The van der Waals surface area contributed by atoms with Crippen molar-refractivity contribution in [3.63, 3.8) is 0 Å². The highest BCUT2D eigenvalue weighted by molar-refractivity contribution is 5.70. The topological polar surface area (TPSA) is 38.7 Å². The van der Waals surface area contributed by atoms with Crippen molar-refractivity contribution < 1.29 is 0 Å². The number of rotatable bonds is 4. The lowest BCUT2D eigenvalue weighted by Gasteiger charge is -2.06. The first kappa shape index (κ1) is 14.1. The molecule has 0 bridgehead atoms. The maximum atomic E-state index is 4.60. The van der Waals surface area contributed by atoms with Crippen LogP contribution in [0.15, 0.2) is 48.6 Å². The quantitative estimate of drug-likeness (QED) is 0.777. The van der Waals surface area contributed by atoms with Crippen molar-refractivity contribution in [1.82, 2.24) is 15.0 Å². The molecule has 20 heavy (non-hydrogen) atoms. The van der Waals surface area contributed by atoms with Crippen LogP contribution in [0.2, 0.25) is 0 Å². The Labute approximate surface area is 120 Å². The van der Waals surface area contributed by atoms with E-state index in [1.54, 1.807) is 0 Å². The minimum absolute atomic E-state index is 0.722. The molecular weight excluding hydrogens is 246 g/mol. The van der Waals surface area contributed by atoms with Gasteiger partial charge in [-0.2, -0.15) is 0 Å². The Balaban J connectivity index is 2.51. The van der Waals surface area contributed by atoms with E-state index in [4.69, 9.17) is 0 Å². The molecule has 3 heteroatoms. The van der Waals surface area contributed by atoms with Crippen LogP contribution in [0.5, 0.6) is 0 Å². The van der Waals surface area contributed by atoms with Crippen molar-refractivity contribution >= 4 is 5.57 Å². The Morgan fingerprint density at radius 1 is 1.10 bits per heavy atom. The second-order valence-electron chi connectivity index (χ2n) is 4.46. The van der Waals surface area contributed by atoms with E-state index in [0.29, 0.717) is 0 Å². The van der Waals surface area contributed by atoms with Crippen molar-refractivity contribution in [3.05, 3.63) is 60.2 Å². The van der Waals surface area contributed by atoms with E-state index < -0.39 is 0 Å². The van der Waals surface area contributed by atoms with E-state index in [0.717, 1.165) is 35.0 Å². The highest BCUT2D eigenvalue weighted by atomic mass is 15.0. The Kier molecular flexibility index (Phi) is 4.77. The van der Waals surface area contributed by atoms with Crippen LogP contribution in [0.25, 0.3) is 17.0 Å². The van der Waals surface area contributed by atoms with Crippen LogP contribution in [-0.4, -0.2) is 15.0 Å². The van der Waals surface area contributed by atoms with Crippen molar-refractivity contribution in [2.75, 3.05) is 0 Å². The van der Waals surface area contributed by atoms with E-state index in [1.165, 1.54) is 0 Å². The van der Waals surface area contributed by atoms with Gasteiger partial charge in [-0.15, -0.1) is 0 Å². The Hall–Kier alpha value is -2.29. The van der Waals surface area contributed by atoms with Gasteiger partial charge in [0.15, 0.2) is 11.6 Å². The number of hydrogen-bond donors (Lipinski definition) is 0. The van der Waals surface area contributed by atoms with Crippen LogP contribution >= 0.6 is 0 Å². The minimum atomic E-state index is 0.722. The highest BCUT2D eigenvalue weighted by Gasteiger charge is 2.08. The molecule has 1 heterocycles. The van der Waals surface area contributed by atoms with Gasteiger partial charge >= 0.3 is 0 Å². The second-order valence-corrected chi connectivity index (χ2v) is 4.46. The van der Waals surface area contributed by atoms with Gasteiger partial charge in [0.25, 0.3) is 0 Å². The molecular formula is C17H19N3. The fourth-order valence-electron chi connectivity index (χ4n) is 1.96. The second kappa shape index (κ2) is 6.75. The molecule has 0 saturated heterocycles. The molecule has 1 aromatic heterocycles. The largest absolute Gasteiger partial charge is 0.213 e. The number of allylic oxidation sites excluding steroid dienone is 4. The molecule has 0 fully saturated rings. The van der Waals surface area contributed by atoms with Gasteiger partial charge in [0.1, 0.15) is 5.82 Å². The third kappa shape index (κ3) is 3.38. The molecule has 0 saturated carbocycles. The van der Waals surface area contributed by atoms with Gasteiger partial charge in [-0.1, -0.05) is 55.5 Å². The maximum Gasteiger partial charge on any atom is 0.163 e. The van der Waals surface area contributed by atoms with E-state index in [2.05, 4.69) is 28.0 Å². The molecule has 102 valence electrons. The zero-order chi connectivity index (χ0) is 14.4. The molecule has 0 N–H and O–H groups in total. The average molecular weight is 265 g/mol. The van der Waals surface area contributed by atoms with E-state index >= 15 is 0 Å². The number of hydrogen-bond acceptors (Lipinski definition) is 3. The Morgan fingerprint density at radius 3 is 2.50 bits per heavy atom. The van der Waals surface area contributed by atoms with Gasteiger partial charge in [-0.05, 0) is 20.3 Å². The van der Waals surface area contributed by atoms with Crippen LogP contribution in [0.1, 0.15) is 31.9 Å². The first-order valence-electron chi connectivity index (χ1n) is 6.86. The van der Waals surface area contributed by atoms with Gasteiger partial charge in [-0.25, -0.2) is 15.0 Å². The Bertz CT molecular complexity index is 628. The lowest BCUT2D eigenvalue weighted by molar-refractivity contribution is 0.961. The smallest absolute Gasteiger partial charge is 0.163 e. The molecule has 0 aliphatic rings. The summed E-state index contributed by atoms with van der Waals surface area (Å²) in [6, 6.07) is 9.99. The summed E-state index contributed by atoms with van der Waals surface area (Å²) in [5, 5.41) is 0. The van der Waals surface area contributed by atoms with Gasteiger partial charge in [0.05, 0.1) is 0 Å². The summed E-state index contributed by atoms with van der Waals surface area (Å²) in [7, 11) is 0.